The highest BCUT2D eigenvalue weighted by atomic mass is 14.9. The van der Waals surface area contributed by atoms with Gasteiger partial charge in [-0.1, -0.05) is 55.8 Å². The molecule has 0 aliphatic heterocycles. The van der Waals surface area contributed by atoms with E-state index in [-0.39, 0.29) is 0 Å². The molecule has 0 bridgehead atoms. The van der Waals surface area contributed by atoms with E-state index in [1.807, 2.05) is 18.2 Å². The standard InChI is InChI=1S/C20H22N2/c1-2-8-18-19(14-22-16-10-4-3-5-11-16)17-12-7-6-9-15(17)13-20(18)21/h3-7,9-13,22H,2,8,14,21H2,1H3. The van der Waals surface area contributed by atoms with Crippen LogP contribution in [0.4, 0.5) is 11.4 Å². The molecular weight excluding hydrogens is 268 g/mol. The molecule has 0 saturated heterocycles. The van der Waals surface area contributed by atoms with Crippen molar-refractivity contribution >= 4 is 22.1 Å². The molecule has 0 aliphatic carbocycles. The number of nitrogens with one attached hydrogen (secondary N) is 1. The molecule has 0 radical (unpaired) electrons. The van der Waals surface area contributed by atoms with Gasteiger partial charge in [0.25, 0.3) is 0 Å². The zero-order valence-corrected chi connectivity index (χ0v) is 13.0. The zero-order valence-electron chi connectivity index (χ0n) is 13.0. The van der Waals surface area contributed by atoms with Crippen LogP contribution < -0.4 is 11.1 Å². The monoisotopic (exact) mass is 290 g/mol. The maximum atomic E-state index is 6.31. The molecule has 0 amide bonds. The lowest BCUT2D eigenvalue weighted by Gasteiger charge is -2.17. The lowest BCUT2D eigenvalue weighted by Crippen LogP contribution is -2.07. The minimum absolute atomic E-state index is 0.797. The summed E-state index contributed by atoms with van der Waals surface area (Å²) in [6.07, 6.45) is 2.11. The van der Waals surface area contributed by atoms with Crippen molar-refractivity contribution in [1.82, 2.24) is 0 Å². The smallest absolute Gasteiger partial charge is 0.0410 e. The van der Waals surface area contributed by atoms with Crippen LogP contribution in [0.25, 0.3) is 10.8 Å². The molecule has 2 nitrogen and oxygen atoms in total. The maximum Gasteiger partial charge on any atom is 0.0410 e. The normalized spacial score (nSPS) is 10.8. The minimum atomic E-state index is 0.797. The third-order valence-electron chi connectivity index (χ3n) is 4.05. The first-order valence-corrected chi connectivity index (χ1v) is 7.87. The number of para-hydroxylation sites is 1. The highest BCUT2D eigenvalue weighted by Gasteiger charge is 2.11. The first-order valence-electron chi connectivity index (χ1n) is 7.87. The van der Waals surface area contributed by atoms with Crippen molar-refractivity contribution in [3.63, 3.8) is 0 Å². The quantitative estimate of drug-likeness (QED) is 0.650. The summed E-state index contributed by atoms with van der Waals surface area (Å²) in [7, 11) is 0. The minimum Gasteiger partial charge on any atom is -0.398 e. The maximum absolute atomic E-state index is 6.31. The molecule has 22 heavy (non-hydrogen) atoms. The summed E-state index contributed by atoms with van der Waals surface area (Å²) in [5, 5.41) is 6.03. The Bertz CT molecular complexity index is 763. The average Bonchev–Trinajstić information content (AvgIpc) is 2.56. The van der Waals surface area contributed by atoms with Crippen LogP contribution in [0.1, 0.15) is 24.5 Å². The van der Waals surface area contributed by atoms with Gasteiger partial charge in [-0.2, -0.15) is 0 Å². The molecule has 3 aromatic rings. The van der Waals surface area contributed by atoms with Gasteiger partial charge in [0.15, 0.2) is 0 Å². The van der Waals surface area contributed by atoms with Crippen molar-refractivity contribution in [2.75, 3.05) is 11.1 Å². The molecule has 0 aliphatic rings. The van der Waals surface area contributed by atoms with Gasteiger partial charge in [0.1, 0.15) is 0 Å². The SMILES string of the molecule is CCCc1c(N)cc2ccccc2c1CNc1ccccc1. The van der Waals surface area contributed by atoms with Gasteiger partial charge in [-0.3, -0.25) is 0 Å². The van der Waals surface area contributed by atoms with E-state index in [9.17, 15) is 0 Å². The van der Waals surface area contributed by atoms with Crippen LogP contribution in [-0.2, 0) is 13.0 Å². The van der Waals surface area contributed by atoms with Crippen molar-refractivity contribution in [2.45, 2.75) is 26.3 Å². The summed E-state index contributed by atoms with van der Waals surface area (Å²) in [6.45, 7) is 2.99. The summed E-state index contributed by atoms with van der Waals surface area (Å²) in [4.78, 5) is 0. The van der Waals surface area contributed by atoms with E-state index in [1.165, 1.54) is 21.9 Å². The number of hydrogen-bond donors (Lipinski definition) is 2. The molecule has 3 rings (SSSR count). The number of benzene rings is 3. The molecule has 0 aromatic heterocycles. The lowest BCUT2D eigenvalue weighted by molar-refractivity contribution is 0.908. The molecule has 2 heteroatoms. The van der Waals surface area contributed by atoms with Gasteiger partial charge in [-0.25, -0.2) is 0 Å². The molecule has 0 spiro atoms. The summed E-state index contributed by atoms with van der Waals surface area (Å²) >= 11 is 0. The van der Waals surface area contributed by atoms with Crippen LogP contribution in [0.5, 0.6) is 0 Å². The van der Waals surface area contributed by atoms with E-state index in [4.69, 9.17) is 5.73 Å². The fraction of sp³-hybridized carbons (Fsp3) is 0.200. The van der Waals surface area contributed by atoms with Crippen molar-refractivity contribution in [3.05, 3.63) is 71.8 Å². The number of nitrogens with two attached hydrogens (primary N) is 1. The number of hydrogen-bond acceptors (Lipinski definition) is 2. The Morgan fingerprint density at radius 2 is 1.64 bits per heavy atom. The first kappa shape index (κ1) is 14.5. The number of anilines is 2. The second kappa shape index (κ2) is 6.52. The van der Waals surface area contributed by atoms with Crippen LogP contribution in [0.2, 0.25) is 0 Å². The summed E-state index contributed by atoms with van der Waals surface area (Å²) in [6, 6.07) is 20.9. The Morgan fingerprint density at radius 3 is 2.41 bits per heavy atom. The Morgan fingerprint density at radius 1 is 0.909 bits per heavy atom. The summed E-state index contributed by atoms with van der Waals surface area (Å²) in [5.41, 5.74) is 11.0. The van der Waals surface area contributed by atoms with E-state index < -0.39 is 0 Å². The van der Waals surface area contributed by atoms with Crippen LogP contribution in [0.15, 0.2) is 60.7 Å². The molecule has 112 valence electrons. The van der Waals surface area contributed by atoms with Gasteiger partial charge in [-0.15, -0.1) is 0 Å². The lowest BCUT2D eigenvalue weighted by atomic mass is 9.94. The predicted molar refractivity (Wildman–Crippen MR) is 96.1 cm³/mol. The van der Waals surface area contributed by atoms with E-state index in [2.05, 4.69) is 54.7 Å². The fourth-order valence-corrected chi connectivity index (χ4v) is 2.98. The zero-order chi connectivity index (χ0) is 15.4. The number of rotatable bonds is 5. The van der Waals surface area contributed by atoms with E-state index in [1.54, 1.807) is 0 Å². The number of nitrogen functional groups attached to an aromatic ring is 1. The van der Waals surface area contributed by atoms with Gasteiger partial charge >= 0.3 is 0 Å². The van der Waals surface area contributed by atoms with Gasteiger partial charge in [0, 0.05) is 17.9 Å². The van der Waals surface area contributed by atoms with E-state index in [0.29, 0.717) is 0 Å². The van der Waals surface area contributed by atoms with Crippen LogP contribution >= 0.6 is 0 Å². The highest BCUT2D eigenvalue weighted by Crippen LogP contribution is 2.29. The fourth-order valence-electron chi connectivity index (χ4n) is 2.98. The molecule has 0 heterocycles. The van der Waals surface area contributed by atoms with Crippen molar-refractivity contribution in [3.8, 4) is 0 Å². The van der Waals surface area contributed by atoms with Crippen LogP contribution in [0, 0.1) is 0 Å². The summed E-state index contributed by atoms with van der Waals surface area (Å²) in [5.74, 6) is 0. The Labute approximate surface area is 132 Å². The topological polar surface area (TPSA) is 38.0 Å². The van der Waals surface area contributed by atoms with Gasteiger partial charge in [-0.05, 0) is 46.5 Å². The molecule has 0 atom stereocenters. The molecule has 0 unspecified atom stereocenters. The molecule has 0 fully saturated rings. The van der Waals surface area contributed by atoms with Gasteiger partial charge in [0.05, 0.1) is 0 Å². The average molecular weight is 290 g/mol. The molecule has 3 aromatic carbocycles. The van der Waals surface area contributed by atoms with E-state index in [0.717, 1.165) is 30.8 Å². The summed E-state index contributed by atoms with van der Waals surface area (Å²) < 4.78 is 0. The van der Waals surface area contributed by atoms with Crippen LogP contribution in [0.3, 0.4) is 0 Å². The Kier molecular flexibility index (Phi) is 4.29. The largest absolute Gasteiger partial charge is 0.398 e. The molecular formula is C20H22N2. The number of fused-ring (bicyclic) bond motifs is 1. The van der Waals surface area contributed by atoms with E-state index >= 15 is 0 Å². The Hall–Kier alpha value is -2.48. The highest BCUT2D eigenvalue weighted by molar-refractivity contribution is 5.90. The van der Waals surface area contributed by atoms with Gasteiger partial charge < -0.3 is 11.1 Å². The van der Waals surface area contributed by atoms with Crippen molar-refractivity contribution < 1.29 is 0 Å². The molecule has 3 N–H and O–H groups in total. The Balaban J connectivity index is 2.02. The predicted octanol–water partition coefficient (Wildman–Crippen LogP) is 4.99. The second-order valence-electron chi connectivity index (χ2n) is 5.61. The second-order valence-corrected chi connectivity index (χ2v) is 5.61. The third-order valence-corrected chi connectivity index (χ3v) is 4.05. The third kappa shape index (κ3) is 2.91. The van der Waals surface area contributed by atoms with Crippen molar-refractivity contribution in [1.29, 1.82) is 0 Å². The van der Waals surface area contributed by atoms with Gasteiger partial charge in [0.2, 0.25) is 0 Å². The molecule has 0 saturated carbocycles. The van der Waals surface area contributed by atoms with Crippen LogP contribution in [-0.4, -0.2) is 0 Å². The van der Waals surface area contributed by atoms with Crippen molar-refractivity contribution in [2.24, 2.45) is 0 Å². The first-order chi connectivity index (χ1) is 10.8.